The number of nitrogen functional groups attached to an aromatic ring is 2. The summed E-state index contributed by atoms with van der Waals surface area (Å²) in [4.78, 5) is 4.71. The monoisotopic (exact) mass is 344 g/mol. The van der Waals surface area contributed by atoms with Gasteiger partial charge in [0.2, 0.25) is 0 Å². The molecule has 1 unspecified atom stereocenters. The predicted octanol–water partition coefficient (Wildman–Crippen LogP) is 4.67. The zero-order chi connectivity index (χ0) is 18.3. The summed E-state index contributed by atoms with van der Waals surface area (Å²) in [6.07, 6.45) is 11.4. The van der Waals surface area contributed by atoms with Crippen LogP contribution in [0.1, 0.15) is 37.4 Å². The summed E-state index contributed by atoms with van der Waals surface area (Å²) in [6, 6.07) is 7.74. The Morgan fingerprint density at radius 3 is 2.73 bits per heavy atom. The van der Waals surface area contributed by atoms with Crippen LogP contribution in [0.4, 0.5) is 11.4 Å². The third-order valence-corrected chi connectivity index (χ3v) is 5.34. The van der Waals surface area contributed by atoms with E-state index >= 15 is 0 Å². The largest absolute Gasteiger partial charge is 0.398 e. The maximum atomic E-state index is 7.58. The zero-order valence-corrected chi connectivity index (χ0v) is 15.0. The van der Waals surface area contributed by atoms with E-state index < -0.39 is 0 Å². The fraction of sp³-hybridized carbons (Fsp3) is 0.273. The Hall–Kier alpha value is -2.88. The predicted molar refractivity (Wildman–Crippen MR) is 109 cm³/mol. The summed E-state index contributed by atoms with van der Waals surface area (Å²) < 4.78 is 0. The Morgan fingerprint density at radius 2 is 2.00 bits per heavy atom. The Balaban J connectivity index is 1.85. The van der Waals surface area contributed by atoms with Crippen LogP contribution >= 0.6 is 0 Å². The second-order valence-corrected chi connectivity index (χ2v) is 7.37. The van der Waals surface area contributed by atoms with Gasteiger partial charge in [-0.05, 0) is 66.0 Å². The number of benzene rings is 1. The highest BCUT2D eigenvalue weighted by Crippen LogP contribution is 2.44. The number of nitrogens with one attached hydrogen (secondary N) is 1. The van der Waals surface area contributed by atoms with E-state index in [2.05, 4.69) is 19.1 Å². The summed E-state index contributed by atoms with van der Waals surface area (Å²) in [5.41, 5.74) is 19.7. The summed E-state index contributed by atoms with van der Waals surface area (Å²) in [5, 5.41) is 7.58. The summed E-state index contributed by atoms with van der Waals surface area (Å²) >= 11 is 0. The van der Waals surface area contributed by atoms with Crippen LogP contribution in [-0.2, 0) is 0 Å². The smallest absolute Gasteiger partial charge is 0.0744 e. The van der Waals surface area contributed by atoms with E-state index in [1.54, 1.807) is 6.20 Å². The molecule has 0 radical (unpaired) electrons. The summed E-state index contributed by atoms with van der Waals surface area (Å²) in [7, 11) is 0. The number of anilines is 2. The van der Waals surface area contributed by atoms with Crippen molar-refractivity contribution >= 4 is 23.2 Å². The van der Waals surface area contributed by atoms with Crippen molar-refractivity contribution < 1.29 is 0 Å². The van der Waals surface area contributed by atoms with E-state index in [4.69, 9.17) is 21.9 Å². The first kappa shape index (κ1) is 16.6. The lowest BCUT2D eigenvalue weighted by molar-refractivity contribution is 0.741. The quantitative estimate of drug-likeness (QED) is 0.556. The van der Waals surface area contributed by atoms with E-state index in [9.17, 15) is 0 Å². The molecule has 4 nitrogen and oxygen atoms in total. The summed E-state index contributed by atoms with van der Waals surface area (Å²) in [6.45, 7) is 2.25. The lowest BCUT2D eigenvalue weighted by Crippen LogP contribution is -2.08. The molecule has 132 valence electrons. The number of nitrogens with zero attached hydrogens (tertiary/aromatic N) is 1. The first-order valence-corrected chi connectivity index (χ1v) is 9.14. The molecular formula is C22H24N4. The van der Waals surface area contributed by atoms with Crippen molar-refractivity contribution in [1.82, 2.24) is 4.98 Å². The van der Waals surface area contributed by atoms with Crippen LogP contribution in [0.25, 0.3) is 16.7 Å². The second kappa shape index (κ2) is 6.45. The Bertz CT molecular complexity index is 935. The van der Waals surface area contributed by atoms with Crippen LogP contribution in [0, 0.1) is 17.2 Å². The fourth-order valence-corrected chi connectivity index (χ4v) is 3.62. The molecule has 4 rings (SSSR count). The topological polar surface area (TPSA) is 88.8 Å². The van der Waals surface area contributed by atoms with Crippen molar-refractivity contribution in [2.24, 2.45) is 11.8 Å². The number of rotatable bonds is 4. The van der Waals surface area contributed by atoms with Gasteiger partial charge in [0.15, 0.2) is 0 Å². The first-order valence-electron chi connectivity index (χ1n) is 9.14. The van der Waals surface area contributed by atoms with Gasteiger partial charge in [-0.25, -0.2) is 0 Å². The third-order valence-electron chi connectivity index (χ3n) is 5.34. The Kier molecular flexibility index (Phi) is 4.11. The standard InChI is InChI=1S/C22H24N4/c1-13-2-3-15(14-4-5-14)9-19(13)22-20(10-18(24)12-26-22)16-6-7-21(25)17(8-16)11-23/h3,6-14,23H,2,4-5,24-25H2,1H3. The van der Waals surface area contributed by atoms with E-state index in [1.807, 2.05) is 24.3 Å². The normalized spacial score (nSPS) is 19.7. The Morgan fingerprint density at radius 1 is 1.19 bits per heavy atom. The highest BCUT2D eigenvalue weighted by Gasteiger charge is 2.28. The first-order chi connectivity index (χ1) is 12.6. The van der Waals surface area contributed by atoms with Gasteiger partial charge in [-0.3, -0.25) is 4.98 Å². The molecule has 2 aliphatic rings. The van der Waals surface area contributed by atoms with Gasteiger partial charge < -0.3 is 16.9 Å². The van der Waals surface area contributed by atoms with E-state index in [0.717, 1.165) is 29.2 Å². The van der Waals surface area contributed by atoms with Crippen molar-refractivity contribution in [2.75, 3.05) is 11.5 Å². The second-order valence-electron chi connectivity index (χ2n) is 7.37. The van der Waals surface area contributed by atoms with Crippen molar-refractivity contribution in [3.05, 3.63) is 59.4 Å². The molecule has 0 bridgehead atoms. The molecule has 1 aromatic carbocycles. The minimum absolute atomic E-state index is 0.420. The average Bonchev–Trinajstić information content (AvgIpc) is 3.48. The number of nitrogens with two attached hydrogens (primary N) is 2. The molecule has 26 heavy (non-hydrogen) atoms. The van der Waals surface area contributed by atoms with Gasteiger partial charge in [-0.2, -0.15) is 0 Å². The van der Waals surface area contributed by atoms with Gasteiger partial charge in [0.05, 0.1) is 17.6 Å². The highest BCUT2D eigenvalue weighted by atomic mass is 14.7. The minimum atomic E-state index is 0.420. The number of pyridine rings is 1. The van der Waals surface area contributed by atoms with E-state index in [1.165, 1.54) is 30.2 Å². The average molecular weight is 344 g/mol. The number of aromatic nitrogens is 1. The van der Waals surface area contributed by atoms with Crippen LogP contribution in [0.15, 0.2) is 48.2 Å². The van der Waals surface area contributed by atoms with E-state index in [0.29, 0.717) is 22.9 Å². The van der Waals surface area contributed by atoms with Gasteiger partial charge in [-0.15, -0.1) is 0 Å². The molecule has 1 heterocycles. The maximum Gasteiger partial charge on any atom is 0.0744 e. The fourth-order valence-electron chi connectivity index (χ4n) is 3.62. The van der Waals surface area contributed by atoms with Crippen molar-refractivity contribution in [3.63, 3.8) is 0 Å². The molecule has 4 heteroatoms. The van der Waals surface area contributed by atoms with Crippen LogP contribution in [0.3, 0.4) is 0 Å². The molecule has 2 aliphatic carbocycles. The lowest BCUT2D eigenvalue weighted by Gasteiger charge is -2.22. The molecule has 1 atom stereocenters. The van der Waals surface area contributed by atoms with Gasteiger partial charge >= 0.3 is 0 Å². The molecule has 1 saturated carbocycles. The molecule has 1 fully saturated rings. The molecule has 1 aromatic heterocycles. The van der Waals surface area contributed by atoms with Gasteiger partial charge in [0, 0.05) is 23.0 Å². The van der Waals surface area contributed by atoms with Crippen molar-refractivity contribution in [1.29, 1.82) is 5.41 Å². The van der Waals surface area contributed by atoms with Gasteiger partial charge in [0.1, 0.15) is 0 Å². The zero-order valence-electron chi connectivity index (χ0n) is 15.0. The molecule has 0 aliphatic heterocycles. The molecule has 5 N–H and O–H groups in total. The van der Waals surface area contributed by atoms with Crippen molar-refractivity contribution in [2.45, 2.75) is 26.2 Å². The van der Waals surface area contributed by atoms with Crippen LogP contribution in [0.5, 0.6) is 0 Å². The van der Waals surface area contributed by atoms with Crippen LogP contribution in [-0.4, -0.2) is 11.2 Å². The van der Waals surface area contributed by atoms with Crippen LogP contribution < -0.4 is 11.5 Å². The molecular weight excluding hydrogens is 320 g/mol. The maximum absolute atomic E-state index is 7.58. The van der Waals surface area contributed by atoms with Crippen molar-refractivity contribution in [3.8, 4) is 11.1 Å². The molecule has 0 amide bonds. The summed E-state index contributed by atoms with van der Waals surface area (Å²) in [5.74, 6) is 1.15. The van der Waals surface area contributed by atoms with E-state index in [-0.39, 0.29) is 0 Å². The Labute approximate surface area is 154 Å². The lowest BCUT2D eigenvalue weighted by atomic mass is 9.84. The molecule has 0 saturated heterocycles. The number of hydrogen-bond donors (Lipinski definition) is 3. The van der Waals surface area contributed by atoms with Gasteiger partial charge in [0.25, 0.3) is 0 Å². The SMILES string of the molecule is CC1CC=C(C2CC2)C=C1c1ncc(N)cc1-c1ccc(N)c(C=N)c1. The van der Waals surface area contributed by atoms with Gasteiger partial charge in [-0.1, -0.05) is 25.1 Å². The molecule has 0 spiro atoms. The highest BCUT2D eigenvalue weighted by molar-refractivity contribution is 5.90. The minimum Gasteiger partial charge on any atom is -0.398 e. The number of hydrogen-bond acceptors (Lipinski definition) is 4. The molecule has 2 aromatic rings. The number of allylic oxidation sites excluding steroid dienone is 4. The van der Waals surface area contributed by atoms with Crippen LogP contribution in [0.2, 0.25) is 0 Å². The third kappa shape index (κ3) is 3.03.